The Kier molecular flexibility index (Phi) is 3.08. The van der Waals surface area contributed by atoms with Crippen molar-refractivity contribution in [2.45, 2.75) is 48.8 Å². The molecule has 5 rings (SSSR count). The molecule has 3 nitrogen and oxygen atoms in total. The molecule has 0 heterocycles. The summed E-state index contributed by atoms with van der Waals surface area (Å²) in [4.78, 5) is 0.118. The van der Waals surface area contributed by atoms with Crippen LogP contribution in [0.4, 0.5) is 0 Å². The minimum atomic E-state index is -4.16. The molecule has 0 aromatic heterocycles. The van der Waals surface area contributed by atoms with Crippen molar-refractivity contribution in [1.29, 1.82) is 0 Å². The average Bonchev–Trinajstić information content (AvgIpc) is 2.35. The molecular formula is C16H19BrO3S. The van der Waals surface area contributed by atoms with Crippen LogP contribution in [0.25, 0.3) is 0 Å². The number of rotatable bonds is 2. The van der Waals surface area contributed by atoms with Gasteiger partial charge in [0.15, 0.2) is 0 Å². The number of benzene rings is 1. The molecule has 4 bridgehead atoms. The van der Waals surface area contributed by atoms with Gasteiger partial charge in [-0.25, -0.2) is 0 Å². The second kappa shape index (κ2) is 4.56. The van der Waals surface area contributed by atoms with Crippen LogP contribution in [0.1, 0.15) is 44.1 Å². The van der Waals surface area contributed by atoms with E-state index < -0.39 is 10.1 Å². The fourth-order valence-corrected chi connectivity index (χ4v) is 6.74. The first-order chi connectivity index (χ1) is 9.86. The quantitative estimate of drug-likeness (QED) is 0.794. The lowest BCUT2D eigenvalue weighted by Gasteiger charge is -2.57. The zero-order valence-corrected chi connectivity index (χ0v) is 14.2. The molecule has 114 valence electrons. The van der Waals surface area contributed by atoms with Gasteiger partial charge >= 0.3 is 0 Å². The normalized spacial score (nSPS) is 37.9. The maximum absolute atomic E-state index is 11.8. The van der Waals surface area contributed by atoms with Crippen LogP contribution in [0.15, 0.2) is 27.6 Å². The Labute approximate surface area is 134 Å². The molecule has 0 spiro atoms. The van der Waals surface area contributed by atoms with E-state index >= 15 is 0 Å². The molecule has 0 amide bonds. The zero-order chi connectivity index (χ0) is 14.8. The number of hydrogen-bond acceptors (Lipinski definition) is 2. The Morgan fingerprint density at radius 2 is 1.57 bits per heavy atom. The Bertz CT molecular complexity index is 660. The topological polar surface area (TPSA) is 54.4 Å². The van der Waals surface area contributed by atoms with E-state index in [0.29, 0.717) is 0 Å². The standard InChI is InChI=1S/C16H19BrO3S/c17-13-1-2-15(21(18,19)20)14(6-13)16-7-10-3-11(8-16)5-12(4-10)9-16/h1-2,6,10-12H,3-5,7-9H2,(H,18,19,20). The van der Waals surface area contributed by atoms with Crippen molar-refractivity contribution < 1.29 is 13.0 Å². The lowest BCUT2D eigenvalue weighted by Crippen LogP contribution is -2.49. The average molecular weight is 371 g/mol. The highest BCUT2D eigenvalue weighted by Crippen LogP contribution is 2.61. The predicted octanol–water partition coefficient (Wildman–Crippen LogP) is 4.16. The van der Waals surface area contributed by atoms with E-state index in [2.05, 4.69) is 15.9 Å². The van der Waals surface area contributed by atoms with Crippen LogP contribution in [0.2, 0.25) is 0 Å². The number of halogens is 1. The summed E-state index contributed by atoms with van der Waals surface area (Å²) in [5.41, 5.74) is 0.808. The van der Waals surface area contributed by atoms with Gasteiger partial charge in [-0.15, -0.1) is 0 Å². The van der Waals surface area contributed by atoms with Crippen molar-refractivity contribution in [1.82, 2.24) is 0 Å². The zero-order valence-electron chi connectivity index (χ0n) is 11.8. The van der Waals surface area contributed by atoms with E-state index in [4.69, 9.17) is 0 Å². The van der Waals surface area contributed by atoms with Crippen molar-refractivity contribution in [2.24, 2.45) is 17.8 Å². The van der Waals surface area contributed by atoms with Crippen LogP contribution in [-0.2, 0) is 15.5 Å². The monoisotopic (exact) mass is 370 g/mol. The largest absolute Gasteiger partial charge is 0.294 e. The smallest absolute Gasteiger partial charge is 0.282 e. The van der Waals surface area contributed by atoms with Gasteiger partial charge in [0.2, 0.25) is 0 Å². The van der Waals surface area contributed by atoms with Crippen LogP contribution in [0.5, 0.6) is 0 Å². The summed E-state index contributed by atoms with van der Waals surface area (Å²) in [5, 5.41) is 0. The first-order valence-electron chi connectivity index (χ1n) is 7.63. The van der Waals surface area contributed by atoms with E-state index in [9.17, 15) is 13.0 Å². The molecule has 0 aliphatic heterocycles. The van der Waals surface area contributed by atoms with Crippen LogP contribution < -0.4 is 0 Å². The lowest BCUT2D eigenvalue weighted by atomic mass is 9.48. The van der Waals surface area contributed by atoms with Crippen molar-refractivity contribution in [2.75, 3.05) is 0 Å². The minimum Gasteiger partial charge on any atom is -0.282 e. The molecule has 0 radical (unpaired) electrons. The van der Waals surface area contributed by atoms with Crippen molar-refractivity contribution in [3.63, 3.8) is 0 Å². The fraction of sp³-hybridized carbons (Fsp3) is 0.625. The van der Waals surface area contributed by atoms with Gasteiger partial charge in [0.05, 0.1) is 4.90 Å². The van der Waals surface area contributed by atoms with Crippen LogP contribution >= 0.6 is 15.9 Å². The highest BCUT2D eigenvalue weighted by Gasteiger charge is 2.52. The van der Waals surface area contributed by atoms with E-state index in [-0.39, 0.29) is 10.3 Å². The molecule has 4 aliphatic rings. The molecule has 0 unspecified atom stereocenters. The van der Waals surface area contributed by atoms with Crippen LogP contribution in [-0.4, -0.2) is 13.0 Å². The third-order valence-electron chi connectivity index (χ3n) is 5.83. The summed E-state index contributed by atoms with van der Waals surface area (Å²) >= 11 is 3.47. The molecule has 5 heteroatoms. The van der Waals surface area contributed by atoms with Gasteiger partial charge in [-0.05, 0) is 85.5 Å². The van der Waals surface area contributed by atoms with Gasteiger partial charge in [-0.3, -0.25) is 4.55 Å². The Morgan fingerprint density at radius 3 is 2.05 bits per heavy atom. The summed E-state index contributed by atoms with van der Waals surface area (Å²) in [6.07, 6.45) is 7.19. The summed E-state index contributed by atoms with van der Waals surface area (Å²) in [5.74, 6) is 2.22. The molecule has 1 N–H and O–H groups in total. The lowest BCUT2D eigenvalue weighted by molar-refractivity contribution is -0.00657. The third kappa shape index (κ3) is 2.28. The van der Waals surface area contributed by atoms with Gasteiger partial charge in [-0.1, -0.05) is 15.9 Å². The van der Waals surface area contributed by atoms with Gasteiger partial charge in [0.1, 0.15) is 0 Å². The highest BCUT2D eigenvalue weighted by molar-refractivity contribution is 9.10. The van der Waals surface area contributed by atoms with Crippen molar-refractivity contribution >= 4 is 26.0 Å². The first kappa shape index (κ1) is 14.2. The van der Waals surface area contributed by atoms with Gasteiger partial charge in [0, 0.05) is 4.47 Å². The van der Waals surface area contributed by atoms with E-state index in [1.54, 1.807) is 12.1 Å². The Hall–Kier alpha value is -0.390. The van der Waals surface area contributed by atoms with Crippen LogP contribution in [0, 0.1) is 17.8 Å². The van der Waals surface area contributed by atoms with Crippen molar-refractivity contribution in [3.05, 3.63) is 28.2 Å². The van der Waals surface area contributed by atoms with E-state index in [0.717, 1.165) is 47.1 Å². The number of hydrogen-bond donors (Lipinski definition) is 1. The molecule has 21 heavy (non-hydrogen) atoms. The third-order valence-corrected chi connectivity index (χ3v) is 7.23. The molecule has 4 saturated carbocycles. The SMILES string of the molecule is O=S(=O)(O)c1ccc(Br)cc1C12CC3CC(CC(C3)C1)C2. The maximum atomic E-state index is 11.8. The first-order valence-corrected chi connectivity index (χ1v) is 9.87. The summed E-state index contributed by atoms with van der Waals surface area (Å²) < 4.78 is 34.1. The second-order valence-corrected chi connectivity index (χ2v) is 9.62. The summed E-state index contributed by atoms with van der Waals surface area (Å²) in [7, 11) is -4.16. The van der Waals surface area contributed by atoms with E-state index in [1.807, 2.05) is 6.07 Å². The molecule has 0 saturated heterocycles. The minimum absolute atomic E-state index is 0.0380. The van der Waals surface area contributed by atoms with Crippen LogP contribution in [0.3, 0.4) is 0 Å². The maximum Gasteiger partial charge on any atom is 0.294 e. The molecule has 4 aliphatic carbocycles. The molecule has 4 fully saturated rings. The summed E-state index contributed by atoms with van der Waals surface area (Å²) in [6, 6.07) is 5.18. The van der Waals surface area contributed by atoms with Gasteiger partial charge in [0.25, 0.3) is 10.1 Å². The summed E-state index contributed by atoms with van der Waals surface area (Å²) in [6.45, 7) is 0. The fourth-order valence-electron chi connectivity index (χ4n) is 5.58. The van der Waals surface area contributed by atoms with Crippen molar-refractivity contribution in [3.8, 4) is 0 Å². The highest BCUT2D eigenvalue weighted by atomic mass is 79.9. The second-order valence-electron chi connectivity index (χ2n) is 7.31. The molecular weight excluding hydrogens is 352 g/mol. The predicted molar refractivity (Wildman–Crippen MR) is 83.8 cm³/mol. The van der Waals surface area contributed by atoms with Gasteiger partial charge < -0.3 is 0 Å². The molecule has 1 aromatic carbocycles. The van der Waals surface area contributed by atoms with E-state index in [1.165, 1.54) is 19.3 Å². The Morgan fingerprint density at radius 1 is 1.05 bits per heavy atom. The molecule has 1 aromatic rings. The molecule has 0 atom stereocenters. The Balaban J connectivity index is 1.88. The van der Waals surface area contributed by atoms with Gasteiger partial charge in [-0.2, -0.15) is 8.42 Å².